The van der Waals surface area contributed by atoms with Crippen molar-refractivity contribution in [2.24, 2.45) is 0 Å². The Kier molecular flexibility index (Phi) is 5.86. The van der Waals surface area contributed by atoms with Crippen LogP contribution < -0.4 is 10.1 Å². The van der Waals surface area contributed by atoms with Gasteiger partial charge in [0.15, 0.2) is 0 Å². The second kappa shape index (κ2) is 8.01. The molecule has 28 heavy (non-hydrogen) atoms. The molecule has 0 unspecified atom stereocenters. The first-order valence-corrected chi connectivity index (χ1v) is 9.04. The van der Waals surface area contributed by atoms with Crippen molar-refractivity contribution < 1.29 is 27.4 Å². The quantitative estimate of drug-likeness (QED) is 0.646. The van der Waals surface area contributed by atoms with Crippen LogP contribution in [0.15, 0.2) is 42.5 Å². The third-order valence-electron chi connectivity index (χ3n) is 4.67. The number of ether oxygens (including phenoxy) is 2. The number of rotatable bonds is 7. The van der Waals surface area contributed by atoms with E-state index < -0.39 is 17.2 Å². The molecule has 1 aliphatic rings. The van der Waals surface area contributed by atoms with Gasteiger partial charge in [-0.1, -0.05) is 23.7 Å². The van der Waals surface area contributed by atoms with Gasteiger partial charge >= 0.3 is 6.18 Å². The molecule has 0 aliphatic heterocycles. The summed E-state index contributed by atoms with van der Waals surface area (Å²) in [7, 11) is 1.43. The molecule has 1 N–H and O–H groups in total. The van der Waals surface area contributed by atoms with Crippen molar-refractivity contribution in [1.29, 1.82) is 0 Å². The van der Waals surface area contributed by atoms with Gasteiger partial charge in [-0.25, -0.2) is 0 Å². The Bertz CT molecular complexity index is 849. The maximum Gasteiger partial charge on any atom is 0.420 e. The number of methoxy groups -OCH3 is 1. The number of hydrogen-bond donors (Lipinski definition) is 1. The minimum absolute atomic E-state index is 0.00896. The molecule has 2 aromatic carbocycles. The molecule has 1 amide bonds. The Morgan fingerprint density at radius 2 is 1.82 bits per heavy atom. The van der Waals surface area contributed by atoms with Crippen LogP contribution >= 0.6 is 11.6 Å². The predicted octanol–water partition coefficient (Wildman–Crippen LogP) is 5.05. The minimum atomic E-state index is -4.61. The van der Waals surface area contributed by atoms with Gasteiger partial charge in [0, 0.05) is 17.8 Å². The van der Waals surface area contributed by atoms with Crippen LogP contribution in [0.4, 0.5) is 18.9 Å². The van der Waals surface area contributed by atoms with Crippen molar-refractivity contribution in [1.82, 2.24) is 0 Å². The molecule has 1 aliphatic carbocycles. The monoisotopic (exact) mass is 413 g/mol. The molecule has 0 heterocycles. The third-order valence-corrected chi connectivity index (χ3v) is 4.92. The Morgan fingerprint density at radius 1 is 1.14 bits per heavy atom. The van der Waals surface area contributed by atoms with Crippen molar-refractivity contribution in [2.75, 3.05) is 25.6 Å². The van der Waals surface area contributed by atoms with E-state index in [0.29, 0.717) is 17.9 Å². The number of halogens is 4. The van der Waals surface area contributed by atoms with Gasteiger partial charge in [0.1, 0.15) is 12.4 Å². The highest BCUT2D eigenvalue weighted by atomic mass is 35.5. The zero-order valence-corrected chi connectivity index (χ0v) is 15.9. The van der Waals surface area contributed by atoms with Gasteiger partial charge in [-0.2, -0.15) is 13.2 Å². The molecule has 8 heteroatoms. The molecular formula is C20H19ClF3NO3. The number of carbonyl (C=O) groups is 1. The Hall–Kier alpha value is -2.25. The maximum atomic E-state index is 13.4. The fraction of sp³-hybridized carbons (Fsp3) is 0.350. The van der Waals surface area contributed by atoms with E-state index in [0.717, 1.165) is 11.6 Å². The molecule has 0 radical (unpaired) electrons. The molecule has 1 fully saturated rings. The summed E-state index contributed by atoms with van der Waals surface area (Å²) in [6, 6.07) is 10.4. The lowest BCUT2D eigenvalue weighted by Crippen LogP contribution is -2.28. The summed E-state index contributed by atoms with van der Waals surface area (Å²) < 4.78 is 50.1. The SMILES string of the molecule is COCCOc1ccc(NC(=O)C2(c3ccc(Cl)cc3)CC2)cc1C(F)(F)F. The average molecular weight is 414 g/mol. The Morgan fingerprint density at radius 3 is 2.39 bits per heavy atom. The summed E-state index contributed by atoms with van der Waals surface area (Å²) in [4.78, 5) is 12.8. The molecule has 0 spiro atoms. The number of anilines is 1. The summed E-state index contributed by atoms with van der Waals surface area (Å²) in [6.07, 6.45) is -3.35. The van der Waals surface area contributed by atoms with E-state index in [1.54, 1.807) is 24.3 Å². The molecular weight excluding hydrogens is 395 g/mol. The molecule has 0 saturated heterocycles. The van der Waals surface area contributed by atoms with Gasteiger partial charge in [0.25, 0.3) is 0 Å². The van der Waals surface area contributed by atoms with Crippen LogP contribution in [0.1, 0.15) is 24.0 Å². The Labute approximate surface area is 165 Å². The Balaban J connectivity index is 1.80. The topological polar surface area (TPSA) is 47.6 Å². The van der Waals surface area contributed by atoms with Gasteiger partial charge in [0.2, 0.25) is 5.91 Å². The van der Waals surface area contributed by atoms with E-state index in [1.807, 2.05) is 0 Å². The fourth-order valence-electron chi connectivity index (χ4n) is 2.98. The van der Waals surface area contributed by atoms with Crippen molar-refractivity contribution in [3.8, 4) is 5.75 Å². The number of benzene rings is 2. The molecule has 1 saturated carbocycles. The van der Waals surface area contributed by atoms with Gasteiger partial charge < -0.3 is 14.8 Å². The van der Waals surface area contributed by atoms with Crippen LogP contribution in [-0.2, 0) is 21.1 Å². The zero-order valence-electron chi connectivity index (χ0n) is 15.1. The second-order valence-corrected chi connectivity index (χ2v) is 7.03. The number of hydrogen-bond acceptors (Lipinski definition) is 3. The normalized spacial score (nSPS) is 15.2. The molecule has 0 atom stereocenters. The maximum absolute atomic E-state index is 13.4. The predicted molar refractivity (Wildman–Crippen MR) is 99.8 cm³/mol. The van der Waals surface area contributed by atoms with Crippen molar-refractivity contribution in [3.63, 3.8) is 0 Å². The summed E-state index contributed by atoms with van der Waals surface area (Å²) in [5, 5.41) is 3.17. The van der Waals surface area contributed by atoms with Gasteiger partial charge in [0.05, 0.1) is 17.6 Å². The third kappa shape index (κ3) is 4.42. The number of carbonyl (C=O) groups excluding carboxylic acids is 1. The van der Waals surface area contributed by atoms with Gasteiger partial charge in [-0.3, -0.25) is 4.79 Å². The smallest absolute Gasteiger partial charge is 0.420 e. The van der Waals surface area contributed by atoms with Crippen molar-refractivity contribution in [3.05, 3.63) is 58.6 Å². The second-order valence-electron chi connectivity index (χ2n) is 6.59. The lowest BCUT2D eigenvalue weighted by molar-refractivity contribution is -0.139. The standard InChI is InChI=1S/C20H19ClF3NO3/c1-27-10-11-28-17-7-6-15(12-16(17)20(22,23)24)25-18(26)19(8-9-19)13-2-4-14(21)5-3-13/h2-7,12H,8-11H2,1H3,(H,25,26). The number of amides is 1. The van der Waals surface area contributed by atoms with Gasteiger partial charge in [-0.05, 0) is 48.7 Å². The lowest BCUT2D eigenvalue weighted by Gasteiger charge is -2.18. The van der Waals surface area contributed by atoms with Crippen LogP contribution in [0, 0.1) is 0 Å². The fourth-order valence-corrected chi connectivity index (χ4v) is 3.11. The molecule has 3 rings (SSSR count). The van der Waals surface area contributed by atoms with Crippen LogP contribution in [0.2, 0.25) is 5.02 Å². The van der Waals surface area contributed by atoms with Crippen LogP contribution in [0.5, 0.6) is 5.75 Å². The van der Waals surface area contributed by atoms with Crippen molar-refractivity contribution >= 4 is 23.2 Å². The molecule has 2 aromatic rings. The number of nitrogens with one attached hydrogen (secondary N) is 1. The highest BCUT2D eigenvalue weighted by Crippen LogP contribution is 2.49. The van der Waals surface area contributed by atoms with Crippen LogP contribution in [-0.4, -0.2) is 26.2 Å². The highest BCUT2D eigenvalue weighted by Gasteiger charge is 2.51. The van der Waals surface area contributed by atoms with E-state index in [9.17, 15) is 18.0 Å². The minimum Gasteiger partial charge on any atom is -0.491 e. The molecule has 4 nitrogen and oxygen atoms in total. The summed E-state index contributed by atoms with van der Waals surface area (Å²) in [6.45, 7) is 0.157. The number of alkyl halides is 3. The summed E-state index contributed by atoms with van der Waals surface area (Å²) >= 11 is 5.89. The summed E-state index contributed by atoms with van der Waals surface area (Å²) in [5.41, 5.74) is -0.809. The van der Waals surface area contributed by atoms with Crippen LogP contribution in [0.25, 0.3) is 0 Å². The first-order chi connectivity index (χ1) is 13.3. The van der Waals surface area contributed by atoms with E-state index in [-0.39, 0.29) is 30.6 Å². The van der Waals surface area contributed by atoms with E-state index in [2.05, 4.69) is 5.32 Å². The van der Waals surface area contributed by atoms with E-state index >= 15 is 0 Å². The molecule has 0 aromatic heterocycles. The first kappa shape index (κ1) is 20.5. The van der Waals surface area contributed by atoms with Gasteiger partial charge in [-0.15, -0.1) is 0 Å². The average Bonchev–Trinajstić information content (AvgIpc) is 3.45. The zero-order chi connectivity index (χ0) is 20.4. The highest BCUT2D eigenvalue weighted by molar-refractivity contribution is 6.30. The van der Waals surface area contributed by atoms with E-state index in [4.69, 9.17) is 21.1 Å². The molecule has 150 valence electrons. The lowest BCUT2D eigenvalue weighted by atomic mass is 9.95. The largest absolute Gasteiger partial charge is 0.491 e. The first-order valence-electron chi connectivity index (χ1n) is 8.67. The van der Waals surface area contributed by atoms with E-state index in [1.165, 1.54) is 19.2 Å². The summed E-state index contributed by atoms with van der Waals surface area (Å²) in [5.74, 6) is -0.641. The molecule has 0 bridgehead atoms. The van der Waals surface area contributed by atoms with Crippen molar-refractivity contribution in [2.45, 2.75) is 24.4 Å². The van der Waals surface area contributed by atoms with Crippen LogP contribution in [0.3, 0.4) is 0 Å².